The highest BCUT2D eigenvalue weighted by Gasteiger charge is 2.27. The normalized spacial score (nSPS) is 15.2. The van der Waals surface area contributed by atoms with Crippen molar-refractivity contribution in [3.63, 3.8) is 0 Å². The van der Waals surface area contributed by atoms with E-state index in [9.17, 15) is 9.59 Å². The molecule has 7 nitrogen and oxygen atoms in total. The molecule has 4 heterocycles. The van der Waals surface area contributed by atoms with Crippen molar-refractivity contribution < 1.29 is 9.59 Å². The van der Waals surface area contributed by atoms with Gasteiger partial charge in [0.1, 0.15) is 5.82 Å². The molecule has 27 heavy (non-hydrogen) atoms. The Kier molecular flexibility index (Phi) is 5.09. The lowest BCUT2D eigenvalue weighted by molar-refractivity contribution is -0.133. The van der Waals surface area contributed by atoms with Crippen molar-refractivity contribution >= 4 is 45.5 Å². The van der Waals surface area contributed by atoms with Gasteiger partial charge in [-0.1, -0.05) is 11.6 Å². The number of hydrogen-bond acceptors (Lipinski definition) is 5. The Hall–Kier alpha value is -2.45. The first-order valence-electron chi connectivity index (χ1n) is 8.70. The van der Waals surface area contributed by atoms with Crippen LogP contribution in [-0.4, -0.2) is 44.2 Å². The van der Waals surface area contributed by atoms with Crippen LogP contribution in [-0.2, 0) is 16.0 Å². The van der Waals surface area contributed by atoms with E-state index in [4.69, 9.17) is 11.6 Å². The van der Waals surface area contributed by atoms with E-state index >= 15 is 0 Å². The number of likely N-dealkylation sites (tertiary alicyclic amines) is 1. The van der Waals surface area contributed by atoms with Crippen LogP contribution >= 0.6 is 22.9 Å². The predicted octanol–water partition coefficient (Wildman–Crippen LogP) is 2.86. The third-order valence-electron chi connectivity index (χ3n) is 4.67. The maximum absolute atomic E-state index is 12.5. The average molecular weight is 404 g/mol. The first kappa shape index (κ1) is 17.9. The molecule has 3 aromatic heterocycles. The summed E-state index contributed by atoms with van der Waals surface area (Å²) in [6.45, 7) is 1.15. The van der Waals surface area contributed by atoms with Crippen LogP contribution in [0.25, 0.3) is 4.96 Å². The number of amides is 2. The minimum Gasteiger partial charge on any atom is -0.342 e. The Morgan fingerprint density at radius 1 is 1.30 bits per heavy atom. The summed E-state index contributed by atoms with van der Waals surface area (Å²) in [6, 6.07) is 3.36. The maximum atomic E-state index is 12.5. The third kappa shape index (κ3) is 4.12. The van der Waals surface area contributed by atoms with Crippen molar-refractivity contribution in [2.75, 3.05) is 18.4 Å². The van der Waals surface area contributed by atoms with Crippen LogP contribution in [0.1, 0.15) is 18.5 Å². The summed E-state index contributed by atoms with van der Waals surface area (Å²) in [5.74, 6) is 0.359. The molecular formula is C18H18ClN5O2S. The van der Waals surface area contributed by atoms with Crippen molar-refractivity contribution in [1.29, 1.82) is 0 Å². The first-order valence-corrected chi connectivity index (χ1v) is 9.95. The lowest BCUT2D eigenvalue weighted by atomic mass is 9.95. The molecule has 2 amide bonds. The van der Waals surface area contributed by atoms with Crippen molar-refractivity contribution in [3.8, 4) is 0 Å². The van der Waals surface area contributed by atoms with Crippen LogP contribution in [0.2, 0.25) is 5.02 Å². The SMILES string of the molecule is O=C(Nc1ccc(Cl)cn1)C1CCN(C(=O)Cc2cn3ccsc3n2)CC1. The largest absolute Gasteiger partial charge is 0.342 e. The summed E-state index contributed by atoms with van der Waals surface area (Å²) in [4.78, 5) is 36.2. The van der Waals surface area contributed by atoms with E-state index < -0.39 is 0 Å². The highest BCUT2D eigenvalue weighted by Crippen LogP contribution is 2.20. The number of rotatable bonds is 4. The van der Waals surface area contributed by atoms with Crippen LogP contribution in [0.3, 0.4) is 0 Å². The van der Waals surface area contributed by atoms with E-state index in [1.807, 2.05) is 27.1 Å². The summed E-state index contributed by atoms with van der Waals surface area (Å²) in [7, 11) is 0. The van der Waals surface area contributed by atoms with Gasteiger partial charge in [0, 0.05) is 43.0 Å². The Morgan fingerprint density at radius 3 is 2.81 bits per heavy atom. The summed E-state index contributed by atoms with van der Waals surface area (Å²) in [5.41, 5.74) is 0.778. The number of imidazole rings is 1. The number of fused-ring (bicyclic) bond motifs is 1. The molecule has 0 aromatic carbocycles. The number of hydrogen-bond donors (Lipinski definition) is 1. The zero-order valence-corrected chi connectivity index (χ0v) is 16.0. The molecule has 0 bridgehead atoms. The lowest BCUT2D eigenvalue weighted by Crippen LogP contribution is -2.42. The van der Waals surface area contributed by atoms with Gasteiger partial charge in [-0.15, -0.1) is 11.3 Å². The number of carbonyl (C=O) groups excluding carboxylic acids is 2. The number of thiazole rings is 1. The molecule has 1 N–H and O–H groups in total. The number of nitrogens with zero attached hydrogens (tertiary/aromatic N) is 4. The van der Waals surface area contributed by atoms with Gasteiger partial charge >= 0.3 is 0 Å². The van der Waals surface area contributed by atoms with Gasteiger partial charge in [0.2, 0.25) is 11.8 Å². The van der Waals surface area contributed by atoms with Crippen LogP contribution in [0.5, 0.6) is 0 Å². The molecule has 0 unspecified atom stereocenters. The highest BCUT2D eigenvalue weighted by atomic mass is 35.5. The van der Waals surface area contributed by atoms with Crippen LogP contribution in [0.4, 0.5) is 5.82 Å². The number of anilines is 1. The second-order valence-corrected chi connectivity index (χ2v) is 7.82. The van der Waals surface area contributed by atoms with E-state index in [0.717, 1.165) is 10.7 Å². The van der Waals surface area contributed by atoms with Gasteiger partial charge in [0.25, 0.3) is 0 Å². The number of pyridine rings is 1. The predicted molar refractivity (Wildman–Crippen MR) is 104 cm³/mol. The standard InChI is InChI=1S/C18H18ClN5O2S/c19-13-1-2-15(20-10-13)22-17(26)12-3-5-23(6-4-12)16(25)9-14-11-24-7-8-27-18(24)21-14/h1-2,7-8,10-12H,3-6,9H2,(H,20,22,26). The fraction of sp³-hybridized carbons (Fsp3) is 0.333. The molecule has 0 aliphatic carbocycles. The van der Waals surface area contributed by atoms with Gasteiger partial charge in [-0.25, -0.2) is 9.97 Å². The second-order valence-electron chi connectivity index (χ2n) is 6.51. The molecule has 140 valence electrons. The highest BCUT2D eigenvalue weighted by molar-refractivity contribution is 7.15. The van der Waals surface area contributed by atoms with E-state index in [1.54, 1.807) is 23.5 Å². The smallest absolute Gasteiger partial charge is 0.228 e. The quantitative estimate of drug-likeness (QED) is 0.726. The third-order valence-corrected chi connectivity index (χ3v) is 5.67. The molecule has 9 heteroatoms. The van der Waals surface area contributed by atoms with Crippen molar-refractivity contribution in [3.05, 3.63) is 46.8 Å². The Bertz CT molecular complexity index is 931. The zero-order chi connectivity index (χ0) is 18.8. The molecule has 0 radical (unpaired) electrons. The van der Waals surface area contributed by atoms with Crippen molar-refractivity contribution in [2.24, 2.45) is 5.92 Å². The van der Waals surface area contributed by atoms with E-state index in [-0.39, 0.29) is 17.7 Å². The van der Waals surface area contributed by atoms with E-state index in [1.165, 1.54) is 6.20 Å². The van der Waals surface area contributed by atoms with Crippen molar-refractivity contribution in [2.45, 2.75) is 19.3 Å². The van der Waals surface area contributed by atoms with E-state index in [2.05, 4.69) is 15.3 Å². The molecule has 1 aliphatic heterocycles. The van der Waals surface area contributed by atoms with Gasteiger partial charge in [-0.05, 0) is 25.0 Å². The number of carbonyl (C=O) groups is 2. The average Bonchev–Trinajstić information content (AvgIpc) is 3.25. The topological polar surface area (TPSA) is 79.6 Å². The van der Waals surface area contributed by atoms with E-state index in [0.29, 0.717) is 43.2 Å². The maximum Gasteiger partial charge on any atom is 0.228 e. The van der Waals surface area contributed by atoms with Crippen molar-refractivity contribution in [1.82, 2.24) is 19.3 Å². The van der Waals surface area contributed by atoms with Gasteiger partial charge in [0.05, 0.1) is 17.1 Å². The van der Waals surface area contributed by atoms with Gasteiger partial charge in [0.15, 0.2) is 4.96 Å². The van der Waals surface area contributed by atoms with Crippen LogP contribution < -0.4 is 5.32 Å². The second kappa shape index (κ2) is 7.66. The minimum atomic E-state index is -0.121. The molecule has 4 rings (SSSR count). The molecule has 0 spiro atoms. The molecule has 0 saturated carbocycles. The summed E-state index contributed by atoms with van der Waals surface area (Å²) >= 11 is 7.34. The van der Waals surface area contributed by atoms with Gasteiger partial charge < -0.3 is 10.2 Å². The number of aromatic nitrogens is 3. The molecule has 3 aromatic rings. The Labute approximate surface area is 165 Å². The Morgan fingerprint density at radius 2 is 2.11 bits per heavy atom. The molecule has 1 fully saturated rings. The number of nitrogens with one attached hydrogen (secondary N) is 1. The monoisotopic (exact) mass is 403 g/mol. The summed E-state index contributed by atoms with van der Waals surface area (Å²) in [5, 5.41) is 5.30. The molecule has 0 atom stereocenters. The zero-order valence-electron chi connectivity index (χ0n) is 14.5. The fourth-order valence-corrected chi connectivity index (χ4v) is 4.03. The molecule has 1 saturated heterocycles. The summed E-state index contributed by atoms with van der Waals surface area (Å²) in [6.07, 6.45) is 6.90. The molecular weight excluding hydrogens is 386 g/mol. The fourth-order valence-electron chi connectivity index (χ4n) is 3.20. The Balaban J connectivity index is 1.28. The number of halogens is 1. The van der Waals surface area contributed by atoms with Gasteiger partial charge in [-0.3, -0.25) is 14.0 Å². The first-order chi connectivity index (χ1) is 13.1. The summed E-state index contributed by atoms with van der Waals surface area (Å²) < 4.78 is 1.93. The lowest BCUT2D eigenvalue weighted by Gasteiger charge is -2.31. The minimum absolute atomic E-state index is 0.0546. The molecule has 1 aliphatic rings. The van der Waals surface area contributed by atoms with Crippen LogP contribution in [0, 0.1) is 5.92 Å². The van der Waals surface area contributed by atoms with Crippen LogP contribution in [0.15, 0.2) is 36.1 Å². The van der Waals surface area contributed by atoms with Gasteiger partial charge in [-0.2, -0.15) is 0 Å². The number of piperidine rings is 1.